The molecular formula is C22H27N3O3. The molecule has 1 aliphatic rings. The molecule has 0 radical (unpaired) electrons. The molecule has 2 aromatic rings. The van der Waals surface area contributed by atoms with Crippen LogP contribution in [0.1, 0.15) is 18.9 Å². The third-order valence-electron chi connectivity index (χ3n) is 4.92. The molecule has 0 fully saturated rings. The zero-order chi connectivity index (χ0) is 20.3. The van der Waals surface area contributed by atoms with Gasteiger partial charge in [0, 0.05) is 46.3 Å². The molecule has 0 N–H and O–H groups in total. The smallest absolute Gasteiger partial charge is 0.267 e. The number of hydrogen-bond donors (Lipinski definition) is 0. The van der Waals surface area contributed by atoms with Crippen LogP contribution >= 0.6 is 0 Å². The number of benzene rings is 2. The summed E-state index contributed by atoms with van der Waals surface area (Å²) in [6, 6.07) is 15.6. The van der Waals surface area contributed by atoms with Crippen molar-refractivity contribution in [2.45, 2.75) is 26.0 Å². The molecule has 1 atom stereocenters. The van der Waals surface area contributed by atoms with E-state index in [1.54, 1.807) is 23.8 Å². The molecule has 1 aliphatic heterocycles. The third-order valence-corrected chi connectivity index (χ3v) is 4.92. The van der Waals surface area contributed by atoms with Gasteiger partial charge >= 0.3 is 0 Å². The molecule has 3 rings (SSSR count). The van der Waals surface area contributed by atoms with E-state index in [2.05, 4.69) is 0 Å². The number of anilines is 2. The van der Waals surface area contributed by atoms with Crippen molar-refractivity contribution in [3.8, 4) is 5.75 Å². The molecule has 0 aliphatic carbocycles. The average Bonchev–Trinajstić information content (AvgIpc) is 2.68. The zero-order valence-corrected chi connectivity index (χ0v) is 16.9. The Bertz CT molecular complexity index is 848. The van der Waals surface area contributed by atoms with Gasteiger partial charge in [-0.15, -0.1) is 0 Å². The predicted molar refractivity (Wildman–Crippen MR) is 111 cm³/mol. The fourth-order valence-electron chi connectivity index (χ4n) is 3.25. The summed E-state index contributed by atoms with van der Waals surface area (Å²) in [7, 11) is 5.78. The number of ether oxygens (including phenoxy) is 1. The van der Waals surface area contributed by atoms with E-state index in [0.717, 1.165) is 16.9 Å². The maximum atomic E-state index is 12.6. The topological polar surface area (TPSA) is 53.1 Å². The summed E-state index contributed by atoms with van der Waals surface area (Å²) in [5.41, 5.74) is 2.92. The molecule has 0 saturated heterocycles. The molecule has 28 heavy (non-hydrogen) atoms. The van der Waals surface area contributed by atoms with Gasteiger partial charge in [0.25, 0.3) is 5.91 Å². The number of carbonyl (C=O) groups is 2. The molecule has 1 unspecified atom stereocenters. The van der Waals surface area contributed by atoms with E-state index in [1.165, 1.54) is 0 Å². The third kappa shape index (κ3) is 4.27. The van der Waals surface area contributed by atoms with Crippen molar-refractivity contribution in [1.29, 1.82) is 0 Å². The van der Waals surface area contributed by atoms with Gasteiger partial charge in [-0.1, -0.05) is 24.3 Å². The van der Waals surface area contributed by atoms with Gasteiger partial charge in [-0.2, -0.15) is 0 Å². The van der Waals surface area contributed by atoms with Gasteiger partial charge < -0.3 is 19.4 Å². The van der Waals surface area contributed by atoms with Gasteiger partial charge in [-0.05, 0) is 36.8 Å². The van der Waals surface area contributed by atoms with Crippen LogP contribution in [0.15, 0.2) is 48.5 Å². The van der Waals surface area contributed by atoms with E-state index in [0.29, 0.717) is 18.8 Å². The fourth-order valence-corrected chi connectivity index (χ4v) is 3.25. The highest BCUT2D eigenvalue weighted by Gasteiger charge is 2.31. The lowest BCUT2D eigenvalue weighted by Gasteiger charge is -2.33. The molecule has 1 heterocycles. The van der Waals surface area contributed by atoms with Gasteiger partial charge in [-0.25, -0.2) is 0 Å². The van der Waals surface area contributed by atoms with Gasteiger partial charge in [0.2, 0.25) is 5.91 Å². The fraction of sp³-hybridized carbons (Fsp3) is 0.364. The van der Waals surface area contributed by atoms with E-state index in [1.807, 2.05) is 67.5 Å². The summed E-state index contributed by atoms with van der Waals surface area (Å²) in [5, 5.41) is 0. The lowest BCUT2D eigenvalue weighted by atomic mass is 10.1. The number of para-hydroxylation sites is 2. The lowest BCUT2D eigenvalue weighted by molar-refractivity contribution is -0.130. The molecule has 0 bridgehead atoms. The molecular weight excluding hydrogens is 354 g/mol. The molecule has 148 valence electrons. The number of carbonyl (C=O) groups excluding carboxylic acids is 2. The second-order valence-corrected chi connectivity index (χ2v) is 7.28. The van der Waals surface area contributed by atoms with Crippen molar-refractivity contribution < 1.29 is 14.3 Å². The Kier molecular flexibility index (Phi) is 5.87. The van der Waals surface area contributed by atoms with E-state index in [4.69, 9.17) is 4.74 Å². The van der Waals surface area contributed by atoms with Crippen LogP contribution < -0.4 is 14.5 Å². The second kappa shape index (κ2) is 8.33. The van der Waals surface area contributed by atoms with Crippen LogP contribution in [0.3, 0.4) is 0 Å². The van der Waals surface area contributed by atoms with Crippen LogP contribution in [0.2, 0.25) is 0 Å². The first-order chi connectivity index (χ1) is 13.4. The van der Waals surface area contributed by atoms with Gasteiger partial charge in [0.05, 0.1) is 5.69 Å². The number of hydrogen-bond acceptors (Lipinski definition) is 4. The highest BCUT2D eigenvalue weighted by Crippen LogP contribution is 2.33. The van der Waals surface area contributed by atoms with E-state index in [-0.39, 0.29) is 18.2 Å². The van der Waals surface area contributed by atoms with Crippen molar-refractivity contribution in [3.05, 3.63) is 54.1 Å². The maximum absolute atomic E-state index is 12.6. The quantitative estimate of drug-likeness (QED) is 0.772. The summed E-state index contributed by atoms with van der Waals surface area (Å²) in [5.74, 6) is 0.561. The van der Waals surface area contributed by atoms with Crippen molar-refractivity contribution in [3.63, 3.8) is 0 Å². The summed E-state index contributed by atoms with van der Waals surface area (Å²) >= 11 is 0. The zero-order valence-electron chi connectivity index (χ0n) is 16.9. The second-order valence-electron chi connectivity index (χ2n) is 7.28. The first kappa shape index (κ1) is 19.7. The SMILES string of the molecule is CC1Oc2ccccc2N(CCC(=O)N(C)Cc2ccc(N(C)C)cc2)C1=O. The Labute approximate surface area is 166 Å². The Morgan fingerprint density at radius 2 is 1.75 bits per heavy atom. The Morgan fingerprint density at radius 1 is 1.07 bits per heavy atom. The molecule has 0 spiro atoms. The number of fused-ring (bicyclic) bond motifs is 1. The Hall–Kier alpha value is -3.02. The summed E-state index contributed by atoms with van der Waals surface area (Å²) in [6.07, 6.45) is -0.281. The predicted octanol–water partition coefficient (Wildman–Crippen LogP) is 2.92. The highest BCUT2D eigenvalue weighted by atomic mass is 16.5. The molecule has 6 nitrogen and oxygen atoms in total. The van der Waals surface area contributed by atoms with Crippen molar-refractivity contribution >= 4 is 23.2 Å². The van der Waals surface area contributed by atoms with E-state index in [9.17, 15) is 9.59 Å². The van der Waals surface area contributed by atoms with Gasteiger partial charge in [0.1, 0.15) is 5.75 Å². The number of nitrogens with zero attached hydrogens (tertiary/aromatic N) is 3. The minimum absolute atomic E-state index is 0.00103. The van der Waals surface area contributed by atoms with E-state index >= 15 is 0 Å². The molecule has 0 saturated carbocycles. The first-order valence-electron chi connectivity index (χ1n) is 9.44. The van der Waals surface area contributed by atoms with Crippen LogP contribution in [0.5, 0.6) is 5.75 Å². The Balaban J connectivity index is 1.61. The largest absolute Gasteiger partial charge is 0.479 e. The molecule has 2 aromatic carbocycles. The monoisotopic (exact) mass is 381 g/mol. The van der Waals surface area contributed by atoms with Gasteiger partial charge in [-0.3, -0.25) is 9.59 Å². The number of amides is 2. The summed E-state index contributed by atoms with van der Waals surface area (Å²) in [6.45, 7) is 2.61. The highest BCUT2D eigenvalue weighted by molar-refractivity contribution is 6.00. The minimum atomic E-state index is -0.544. The van der Waals surface area contributed by atoms with Crippen molar-refractivity contribution in [2.24, 2.45) is 0 Å². The summed E-state index contributed by atoms with van der Waals surface area (Å²) in [4.78, 5) is 30.5. The van der Waals surface area contributed by atoms with E-state index < -0.39 is 6.10 Å². The first-order valence-corrected chi connectivity index (χ1v) is 9.44. The normalized spacial score (nSPS) is 15.6. The molecule has 2 amide bonds. The van der Waals surface area contributed by atoms with Crippen LogP contribution in [0, 0.1) is 0 Å². The van der Waals surface area contributed by atoms with Crippen molar-refractivity contribution in [2.75, 3.05) is 37.5 Å². The van der Waals surface area contributed by atoms with Crippen molar-refractivity contribution in [1.82, 2.24) is 4.90 Å². The summed E-state index contributed by atoms with van der Waals surface area (Å²) < 4.78 is 5.64. The lowest BCUT2D eigenvalue weighted by Crippen LogP contribution is -2.45. The van der Waals surface area contributed by atoms with Crippen LogP contribution in [-0.4, -0.2) is 50.5 Å². The van der Waals surface area contributed by atoms with Gasteiger partial charge in [0.15, 0.2) is 6.10 Å². The van der Waals surface area contributed by atoms with Crippen LogP contribution in [0.25, 0.3) is 0 Å². The standard InChI is InChI=1S/C22H27N3O3/c1-16-22(27)25(19-7-5-6-8-20(19)28-16)14-13-21(26)24(4)15-17-9-11-18(12-10-17)23(2)3/h5-12,16H,13-15H2,1-4H3. The minimum Gasteiger partial charge on any atom is -0.479 e. The average molecular weight is 381 g/mol. The Morgan fingerprint density at radius 3 is 2.43 bits per heavy atom. The van der Waals surface area contributed by atoms with Crippen LogP contribution in [-0.2, 0) is 16.1 Å². The van der Waals surface area contributed by atoms with Crippen LogP contribution in [0.4, 0.5) is 11.4 Å². The molecule has 0 aromatic heterocycles. The molecule has 6 heteroatoms. The number of rotatable bonds is 6. The maximum Gasteiger partial charge on any atom is 0.267 e.